The van der Waals surface area contributed by atoms with Crippen molar-refractivity contribution < 1.29 is 23.9 Å². The van der Waals surface area contributed by atoms with E-state index in [2.05, 4.69) is 21.5 Å². The molecule has 0 bridgehead atoms. The van der Waals surface area contributed by atoms with E-state index in [1.807, 2.05) is 20.8 Å². The maximum absolute atomic E-state index is 12.5. The van der Waals surface area contributed by atoms with Gasteiger partial charge in [-0.15, -0.1) is 0 Å². The summed E-state index contributed by atoms with van der Waals surface area (Å²) in [5.41, 5.74) is 5.75. The summed E-state index contributed by atoms with van der Waals surface area (Å²) in [6.45, 7) is 6.93. The highest BCUT2D eigenvalue weighted by Crippen LogP contribution is 2.18. The molecule has 0 aliphatic rings. The zero-order valence-electron chi connectivity index (χ0n) is 19.5. The molecule has 2 aromatic rings. The highest BCUT2D eigenvalue weighted by Gasteiger charge is 2.14. The fourth-order valence-corrected chi connectivity index (χ4v) is 2.82. The van der Waals surface area contributed by atoms with E-state index in [-0.39, 0.29) is 23.9 Å². The van der Waals surface area contributed by atoms with Gasteiger partial charge in [0.1, 0.15) is 11.5 Å². The number of anilines is 1. The van der Waals surface area contributed by atoms with Crippen molar-refractivity contribution in [1.29, 1.82) is 0 Å². The maximum atomic E-state index is 12.5. The summed E-state index contributed by atoms with van der Waals surface area (Å²) in [6.07, 6.45) is -0.0985. The molecule has 0 radical (unpaired) electrons. The van der Waals surface area contributed by atoms with Crippen molar-refractivity contribution in [1.82, 2.24) is 16.2 Å². The van der Waals surface area contributed by atoms with Crippen LogP contribution in [-0.2, 0) is 9.59 Å². The zero-order chi connectivity index (χ0) is 24.9. The molecule has 0 aliphatic carbocycles. The molecule has 0 aromatic heterocycles. The second-order valence-corrected chi connectivity index (χ2v) is 8.07. The molecule has 9 nitrogen and oxygen atoms in total. The van der Waals surface area contributed by atoms with E-state index in [1.165, 1.54) is 0 Å². The molecule has 10 heteroatoms. The number of benzene rings is 2. The van der Waals surface area contributed by atoms with Gasteiger partial charge in [-0.2, -0.15) is 0 Å². The highest BCUT2D eigenvalue weighted by molar-refractivity contribution is 7.80. The second-order valence-electron chi connectivity index (χ2n) is 7.66. The molecule has 0 heterocycles. The largest absolute Gasteiger partial charge is 0.494 e. The summed E-state index contributed by atoms with van der Waals surface area (Å²) in [4.78, 5) is 36.6. The number of amides is 3. The first kappa shape index (κ1) is 26.6. The molecule has 0 unspecified atom stereocenters. The van der Waals surface area contributed by atoms with Gasteiger partial charge < -0.3 is 14.8 Å². The topological polar surface area (TPSA) is 118 Å². The Bertz CT molecular complexity index is 995. The van der Waals surface area contributed by atoms with Crippen molar-refractivity contribution in [3.8, 4) is 11.5 Å². The van der Waals surface area contributed by atoms with Crippen LogP contribution in [-0.4, -0.2) is 36.0 Å². The lowest BCUT2D eigenvalue weighted by Gasteiger charge is -2.14. The number of hydrogen-bond acceptors (Lipinski definition) is 6. The molecule has 2 rings (SSSR count). The van der Waals surface area contributed by atoms with Gasteiger partial charge in [-0.05, 0) is 61.5 Å². The minimum absolute atomic E-state index is 0.0274. The van der Waals surface area contributed by atoms with Crippen LogP contribution in [0.25, 0.3) is 0 Å². The van der Waals surface area contributed by atoms with E-state index in [1.54, 1.807) is 48.5 Å². The molecule has 0 atom stereocenters. The van der Waals surface area contributed by atoms with Gasteiger partial charge in [0.2, 0.25) is 11.8 Å². The summed E-state index contributed by atoms with van der Waals surface area (Å²) in [7, 11) is 0. The van der Waals surface area contributed by atoms with Gasteiger partial charge in [0, 0.05) is 18.5 Å². The SMILES string of the molecule is CCOc1ccc(NC(=O)CCC(=O)NNC(=S)NC(=O)c2ccccc2OCC(C)C)cc1. The first-order valence-electron chi connectivity index (χ1n) is 10.9. The van der Waals surface area contributed by atoms with E-state index in [4.69, 9.17) is 21.7 Å². The van der Waals surface area contributed by atoms with Gasteiger partial charge in [-0.25, -0.2) is 0 Å². The molecule has 182 valence electrons. The Balaban J connectivity index is 1.73. The third-order valence-corrected chi connectivity index (χ3v) is 4.48. The Morgan fingerprint density at radius 3 is 2.26 bits per heavy atom. The standard InChI is InChI=1S/C24H30N4O5S/c1-4-32-18-11-9-17(10-12-18)25-21(29)13-14-22(30)27-28-24(34)26-23(31)19-7-5-6-8-20(19)33-15-16(2)3/h5-12,16H,4,13-15H2,1-3H3,(H,25,29)(H,27,30)(H2,26,28,31,34). The molecular weight excluding hydrogens is 456 g/mol. The molecular formula is C24H30N4O5S. The Morgan fingerprint density at radius 1 is 0.912 bits per heavy atom. The lowest BCUT2D eigenvalue weighted by molar-refractivity contribution is -0.124. The van der Waals surface area contributed by atoms with Crippen LogP contribution < -0.4 is 31.0 Å². The number of carbonyl (C=O) groups excluding carboxylic acids is 3. The number of ether oxygens (including phenoxy) is 2. The van der Waals surface area contributed by atoms with Crippen LogP contribution in [0.4, 0.5) is 5.69 Å². The van der Waals surface area contributed by atoms with E-state index in [0.29, 0.717) is 41.9 Å². The van der Waals surface area contributed by atoms with Crippen molar-refractivity contribution in [2.45, 2.75) is 33.6 Å². The minimum Gasteiger partial charge on any atom is -0.494 e. The number of rotatable bonds is 10. The van der Waals surface area contributed by atoms with Crippen LogP contribution in [0, 0.1) is 5.92 Å². The monoisotopic (exact) mass is 486 g/mol. The molecule has 0 saturated carbocycles. The lowest BCUT2D eigenvalue weighted by Crippen LogP contribution is -2.48. The maximum Gasteiger partial charge on any atom is 0.261 e. The van der Waals surface area contributed by atoms with E-state index in [9.17, 15) is 14.4 Å². The Kier molecular flexibility index (Phi) is 10.8. The second kappa shape index (κ2) is 13.8. The number of nitrogens with one attached hydrogen (secondary N) is 4. The normalized spacial score (nSPS) is 10.2. The summed E-state index contributed by atoms with van der Waals surface area (Å²) >= 11 is 5.06. The molecule has 4 N–H and O–H groups in total. The average Bonchev–Trinajstić information content (AvgIpc) is 2.81. The van der Waals surface area contributed by atoms with Crippen molar-refractivity contribution in [2.24, 2.45) is 5.92 Å². The highest BCUT2D eigenvalue weighted by atomic mass is 32.1. The van der Waals surface area contributed by atoms with Gasteiger partial charge >= 0.3 is 0 Å². The van der Waals surface area contributed by atoms with Crippen LogP contribution in [0.5, 0.6) is 11.5 Å². The minimum atomic E-state index is -0.471. The van der Waals surface area contributed by atoms with E-state index in [0.717, 1.165) is 0 Å². The molecule has 0 spiro atoms. The predicted molar refractivity (Wildman–Crippen MR) is 134 cm³/mol. The smallest absolute Gasteiger partial charge is 0.261 e. The molecule has 0 fully saturated rings. The fraction of sp³-hybridized carbons (Fsp3) is 0.333. The molecule has 0 saturated heterocycles. The van der Waals surface area contributed by atoms with Crippen LogP contribution in [0.1, 0.15) is 44.0 Å². The first-order chi connectivity index (χ1) is 16.3. The number of thiocarbonyl (C=S) groups is 1. The molecule has 0 aliphatic heterocycles. The summed E-state index contributed by atoms with van der Waals surface area (Å²) in [5, 5.41) is 5.11. The molecule has 2 aromatic carbocycles. The van der Waals surface area contributed by atoms with Crippen LogP contribution >= 0.6 is 12.2 Å². The predicted octanol–water partition coefficient (Wildman–Crippen LogP) is 3.17. The zero-order valence-corrected chi connectivity index (χ0v) is 20.3. The third-order valence-electron chi connectivity index (χ3n) is 4.27. The summed E-state index contributed by atoms with van der Waals surface area (Å²) in [5.74, 6) is 0.213. The van der Waals surface area contributed by atoms with Crippen molar-refractivity contribution in [3.63, 3.8) is 0 Å². The number of hydrazine groups is 1. The van der Waals surface area contributed by atoms with Crippen LogP contribution in [0.2, 0.25) is 0 Å². The third kappa shape index (κ3) is 9.45. The lowest BCUT2D eigenvalue weighted by atomic mass is 10.2. The van der Waals surface area contributed by atoms with E-state index >= 15 is 0 Å². The van der Waals surface area contributed by atoms with Gasteiger partial charge in [0.25, 0.3) is 5.91 Å². The quantitative estimate of drug-likeness (QED) is 0.301. The van der Waals surface area contributed by atoms with Crippen LogP contribution in [0.3, 0.4) is 0 Å². The summed E-state index contributed by atoms with van der Waals surface area (Å²) in [6, 6.07) is 13.8. The van der Waals surface area contributed by atoms with Gasteiger partial charge in [-0.1, -0.05) is 26.0 Å². The molecule has 34 heavy (non-hydrogen) atoms. The van der Waals surface area contributed by atoms with Gasteiger partial charge in [0.05, 0.1) is 18.8 Å². The van der Waals surface area contributed by atoms with E-state index < -0.39 is 11.8 Å². The molecule has 3 amide bonds. The van der Waals surface area contributed by atoms with Crippen molar-refractivity contribution in [2.75, 3.05) is 18.5 Å². The van der Waals surface area contributed by atoms with Crippen molar-refractivity contribution in [3.05, 3.63) is 54.1 Å². The number of carbonyl (C=O) groups is 3. The number of hydrogen-bond donors (Lipinski definition) is 4. The Hall–Kier alpha value is -3.66. The Morgan fingerprint density at radius 2 is 1.59 bits per heavy atom. The fourth-order valence-electron chi connectivity index (χ4n) is 2.68. The first-order valence-corrected chi connectivity index (χ1v) is 11.3. The van der Waals surface area contributed by atoms with Gasteiger partial charge in [-0.3, -0.25) is 30.6 Å². The average molecular weight is 487 g/mol. The van der Waals surface area contributed by atoms with Crippen LogP contribution in [0.15, 0.2) is 48.5 Å². The summed E-state index contributed by atoms with van der Waals surface area (Å²) < 4.78 is 11.0. The van der Waals surface area contributed by atoms with Gasteiger partial charge in [0.15, 0.2) is 5.11 Å². The number of para-hydroxylation sites is 1. The van der Waals surface area contributed by atoms with Crippen molar-refractivity contribution >= 4 is 40.7 Å². The Labute approximate surface area is 204 Å².